The van der Waals surface area contributed by atoms with E-state index >= 15 is 0 Å². The molecule has 1 unspecified atom stereocenters. The first-order chi connectivity index (χ1) is 13.8. The second kappa shape index (κ2) is 11.9. The summed E-state index contributed by atoms with van der Waals surface area (Å²) in [6, 6.07) is 19.5. The minimum absolute atomic E-state index is 0.259. The fourth-order valence-electron chi connectivity index (χ4n) is 4.09. The Hall–Kier alpha value is -1.80. The summed E-state index contributed by atoms with van der Waals surface area (Å²) in [5, 5.41) is 0. The highest BCUT2D eigenvalue weighted by molar-refractivity contribution is 5.28. The highest BCUT2D eigenvalue weighted by Gasteiger charge is 2.23. The fraction of sp³-hybridized carbons (Fsp3) is 0.538. The van der Waals surface area contributed by atoms with Crippen LogP contribution < -0.4 is 4.74 Å². The number of piperidine rings is 1. The molecule has 1 atom stereocenters. The molecule has 1 heterocycles. The molecule has 2 nitrogen and oxygen atoms in total. The van der Waals surface area contributed by atoms with Crippen molar-refractivity contribution in [2.75, 3.05) is 13.1 Å². The van der Waals surface area contributed by atoms with E-state index in [0.29, 0.717) is 0 Å². The second-order valence-corrected chi connectivity index (χ2v) is 8.15. The third kappa shape index (κ3) is 6.98. The molecule has 2 aromatic carbocycles. The van der Waals surface area contributed by atoms with Crippen molar-refractivity contribution >= 4 is 0 Å². The molecule has 2 aromatic rings. The molecule has 1 aliphatic heterocycles. The van der Waals surface area contributed by atoms with E-state index in [4.69, 9.17) is 4.74 Å². The van der Waals surface area contributed by atoms with Crippen molar-refractivity contribution in [2.45, 2.75) is 77.4 Å². The molecule has 0 N–H and O–H groups in total. The first-order valence-electron chi connectivity index (χ1n) is 11.4. The van der Waals surface area contributed by atoms with Gasteiger partial charge in [-0.25, -0.2) is 0 Å². The molecular formula is C26H37NO. The maximum atomic E-state index is 6.39. The summed E-state index contributed by atoms with van der Waals surface area (Å²) in [6.45, 7) is 4.65. The van der Waals surface area contributed by atoms with E-state index in [1.54, 1.807) is 0 Å². The average Bonchev–Trinajstić information content (AvgIpc) is 2.75. The lowest BCUT2D eigenvalue weighted by molar-refractivity contribution is -0.00475. The Morgan fingerprint density at radius 3 is 2.29 bits per heavy atom. The van der Waals surface area contributed by atoms with E-state index in [2.05, 4.69) is 66.4 Å². The minimum atomic E-state index is 0.259. The van der Waals surface area contributed by atoms with E-state index in [9.17, 15) is 0 Å². The third-order valence-corrected chi connectivity index (χ3v) is 5.84. The molecule has 3 rings (SSSR count). The van der Waals surface area contributed by atoms with Gasteiger partial charge in [-0.2, -0.15) is 0 Å². The summed E-state index contributed by atoms with van der Waals surface area (Å²) in [7, 11) is 0. The molecule has 0 spiro atoms. The number of benzene rings is 2. The van der Waals surface area contributed by atoms with Crippen molar-refractivity contribution in [3.63, 3.8) is 0 Å². The Labute approximate surface area is 171 Å². The maximum absolute atomic E-state index is 6.39. The number of hydrogen-bond donors (Lipinski definition) is 0. The lowest BCUT2D eigenvalue weighted by atomic mass is 10.0. The Bertz CT molecular complexity index is 652. The molecule has 0 aliphatic carbocycles. The van der Waals surface area contributed by atoms with Crippen LogP contribution in [-0.2, 0) is 12.8 Å². The topological polar surface area (TPSA) is 12.5 Å². The van der Waals surface area contributed by atoms with Crippen LogP contribution in [0.3, 0.4) is 0 Å². The van der Waals surface area contributed by atoms with Crippen LogP contribution in [0, 0.1) is 0 Å². The first-order valence-corrected chi connectivity index (χ1v) is 11.4. The van der Waals surface area contributed by atoms with Gasteiger partial charge in [0, 0.05) is 13.1 Å². The van der Waals surface area contributed by atoms with Crippen LogP contribution in [0.1, 0.15) is 69.4 Å². The molecule has 0 aromatic heterocycles. The largest absolute Gasteiger partial charge is 0.475 e. The molecule has 0 amide bonds. The summed E-state index contributed by atoms with van der Waals surface area (Å²) < 4.78 is 6.39. The van der Waals surface area contributed by atoms with Gasteiger partial charge in [-0.15, -0.1) is 0 Å². The SMILES string of the molecule is CCCCCCCN1CCCCC1Oc1ccc(CCc2ccccc2)cc1. The van der Waals surface area contributed by atoms with Crippen molar-refractivity contribution in [1.29, 1.82) is 0 Å². The van der Waals surface area contributed by atoms with Gasteiger partial charge in [-0.1, -0.05) is 75.1 Å². The minimum Gasteiger partial charge on any atom is -0.475 e. The summed E-state index contributed by atoms with van der Waals surface area (Å²) in [5.41, 5.74) is 2.78. The first kappa shape index (κ1) is 20.9. The predicted octanol–water partition coefficient (Wildman–Crippen LogP) is 6.63. The van der Waals surface area contributed by atoms with Crippen molar-refractivity contribution in [2.24, 2.45) is 0 Å². The van der Waals surface area contributed by atoms with Gasteiger partial charge < -0.3 is 4.74 Å². The van der Waals surface area contributed by atoms with Crippen molar-refractivity contribution in [1.82, 2.24) is 4.90 Å². The number of unbranched alkanes of at least 4 members (excludes halogenated alkanes) is 4. The van der Waals surface area contributed by atoms with Gasteiger partial charge in [0.2, 0.25) is 0 Å². The van der Waals surface area contributed by atoms with Crippen LogP contribution in [0.15, 0.2) is 54.6 Å². The third-order valence-electron chi connectivity index (χ3n) is 5.84. The van der Waals surface area contributed by atoms with E-state index < -0.39 is 0 Å². The van der Waals surface area contributed by atoms with Gasteiger partial charge in [-0.05, 0) is 61.8 Å². The van der Waals surface area contributed by atoms with Gasteiger partial charge in [-0.3, -0.25) is 4.90 Å². The number of aryl methyl sites for hydroxylation is 2. The molecule has 1 saturated heterocycles. The van der Waals surface area contributed by atoms with Gasteiger partial charge in [0.1, 0.15) is 5.75 Å². The molecule has 0 bridgehead atoms. The standard InChI is InChI=1S/C26H37NO/c1-2-3-4-5-10-21-27-22-11-9-14-26(27)28-25-19-17-24(18-20-25)16-15-23-12-7-6-8-13-23/h6-8,12-13,17-20,26H,2-5,9-11,14-16,21-22H2,1H3. The summed E-state index contributed by atoms with van der Waals surface area (Å²) in [5.74, 6) is 1.02. The summed E-state index contributed by atoms with van der Waals surface area (Å²) >= 11 is 0. The zero-order valence-electron chi connectivity index (χ0n) is 17.6. The van der Waals surface area contributed by atoms with Crippen molar-refractivity contribution < 1.29 is 4.74 Å². The van der Waals surface area contributed by atoms with Crippen LogP contribution >= 0.6 is 0 Å². The smallest absolute Gasteiger partial charge is 0.152 e. The highest BCUT2D eigenvalue weighted by atomic mass is 16.5. The molecule has 1 fully saturated rings. The van der Waals surface area contributed by atoms with Crippen LogP contribution in [-0.4, -0.2) is 24.2 Å². The zero-order valence-corrected chi connectivity index (χ0v) is 17.6. The van der Waals surface area contributed by atoms with Gasteiger partial charge in [0.05, 0.1) is 0 Å². The van der Waals surface area contributed by atoms with Gasteiger partial charge >= 0.3 is 0 Å². The molecule has 1 aliphatic rings. The Kier molecular flexibility index (Phi) is 8.90. The number of hydrogen-bond acceptors (Lipinski definition) is 2. The number of nitrogens with zero attached hydrogens (tertiary/aromatic N) is 1. The van der Waals surface area contributed by atoms with Gasteiger partial charge in [0.25, 0.3) is 0 Å². The monoisotopic (exact) mass is 379 g/mol. The van der Waals surface area contributed by atoms with Crippen LogP contribution in [0.4, 0.5) is 0 Å². The highest BCUT2D eigenvalue weighted by Crippen LogP contribution is 2.23. The molecule has 2 heteroatoms. The summed E-state index contributed by atoms with van der Waals surface area (Å²) in [4.78, 5) is 2.57. The molecule has 28 heavy (non-hydrogen) atoms. The zero-order chi connectivity index (χ0) is 19.4. The van der Waals surface area contributed by atoms with Crippen molar-refractivity contribution in [3.8, 4) is 5.75 Å². The van der Waals surface area contributed by atoms with E-state index in [1.165, 1.54) is 69.2 Å². The molecule has 0 radical (unpaired) electrons. The maximum Gasteiger partial charge on any atom is 0.152 e. The Morgan fingerprint density at radius 1 is 0.821 bits per heavy atom. The molecular weight excluding hydrogens is 342 g/mol. The molecule has 152 valence electrons. The lowest BCUT2D eigenvalue weighted by Crippen LogP contribution is -2.43. The summed E-state index contributed by atoms with van der Waals surface area (Å²) in [6.07, 6.45) is 12.9. The number of ether oxygens (including phenoxy) is 1. The molecule has 0 saturated carbocycles. The predicted molar refractivity (Wildman–Crippen MR) is 119 cm³/mol. The van der Waals surface area contributed by atoms with Crippen LogP contribution in [0.25, 0.3) is 0 Å². The quantitative estimate of drug-likeness (QED) is 0.406. The second-order valence-electron chi connectivity index (χ2n) is 8.15. The average molecular weight is 380 g/mol. The normalized spacial score (nSPS) is 17.5. The van der Waals surface area contributed by atoms with Crippen LogP contribution in [0.5, 0.6) is 5.75 Å². The Balaban J connectivity index is 1.46. The van der Waals surface area contributed by atoms with E-state index in [0.717, 1.165) is 25.0 Å². The fourth-order valence-corrected chi connectivity index (χ4v) is 4.09. The lowest BCUT2D eigenvalue weighted by Gasteiger charge is -2.35. The van der Waals surface area contributed by atoms with Gasteiger partial charge in [0.15, 0.2) is 6.23 Å². The van der Waals surface area contributed by atoms with Crippen molar-refractivity contribution in [3.05, 3.63) is 65.7 Å². The van der Waals surface area contributed by atoms with E-state index in [1.807, 2.05) is 0 Å². The Morgan fingerprint density at radius 2 is 1.54 bits per heavy atom. The number of likely N-dealkylation sites (tertiary alicyclic amines) is 1. The van der Waals surface area contributed by atoms with E-state index in [-0.39, 0.29) is 6.23 Å². The van der Waals surface area contributed by atoms with Crippen LogP contribution in [0.2, 0.25) is 0 Å². The number of rotatable bonds is 11.